The fourth-order valence-corrected chi connectivity index (χ4v) is 2.46. The van der Waals surface area contributed by atoms with E-state index in [1.807, 2.05) is 13.8 Å². The van der Waals surface area contributed by atoms with E-state index < -0.39 is 17.0 Å². The van der Waals surface area contributed by atoms with Gasteiger partial charge in [0.05, 0.1) is 16.6 Å². The molecule has 1 aromatic heterocycles. The van der Waals surface area contributed by atoms with Crippen molar-refractivity contribution in [1.29, 1.82) is 0 Å². The molecule has 3 rings (SSSR count). The van der Waals surface area contributed by atoms with Crippen LogP contribution in [0.5, 0.6) is 5.75 Å². The van der Waals surface area contributed by atoms with Gasteiger partial charge in [0.15, 0.2) is 6.10 Å². The van der Waals surface area contributed by atoms with Crippen LogP contribution in [-0.4, -0.2) is 27.2 Å². The zero-order valence-electron chi connectivity index (χ0n) is 16.1. The normalized spacial score (nSPS) is 11.9. The third-order valence-electron chi connectivity index (χ3n) is 3.86. The van der Waals surface area contributed by atoms with Gasteiger partial charge in [0, 0.05) is 17.7 Å². The highest BCUT2D eigenvalue weighted by molar-refractivity contribution is 5.89. The summed E-state index contributed by atoms with van der Waals surface area (Å²) in [4.78, 5) is 22.6. The van der Waals surface area contributed by atoms with E-state index in [4.69, 9.17) is 13.9 Å². The van der Waals surface area contributed by atoms with Crippen molar-refractivity contribution in [3.63, 3.8) is 0 Å². The molecule has 9 heteroatoms. The first-order chi connectivity index (χ1) is 13.8. The van der Waals surface area contributed by atoms with Crippen LogP contribution in [0.25, 0.3) is 11.5 Å². The lowest BCUT2D eigenvalue weighted by Crippen LogP contribution is -2.10. The van der Waals surface area contributed by atoms with Crippen molar-refractivity contribution in [2.24, 2.45) is 0 Å². The SMILES string of the molecule is CC(C)Oc1ccc(C(=O)O[C@@H](C)c2nnc(-c3ccc([N+](=O)[O-])cc3)o2)cc1. The highest BCUT2D eigenvalue weighted by Crippen LogP contribution is 2.25. The fourth-order valence-electron chi connectivity index (χ4n) is 2.46. The molecule has 0 aliphatic rings. The number of hydrogen-bond donors (Lipinski definition) is 0. The standard InChI is InChI=1S/C20H19N3O6/c1-12(2)27-17-10-6-15(7-11-17)20(24)28-13(3)18-21-22-19(29-18)14-4-8-16(9-5-14)23(25)26/h4-13H,1-3H3/t13-/m0/s1. The molecule has 0 aliphatic heterocycles. The number of esters is 1. The lowest BCUT2D eigenvalue weighted by molar-refractivity contribution is -0.384. The van der Waals surface area contributed by atoms with Crippen LogP contribution in [0.3, 0.4) is 0 Å². The van der Waals surface area contributed by atoms with Crippen molar-refractivity contribution in [2.75, 3.05) is 0 Å². The predicted octanol–water partition coefficient (Wildman–Crippen LogP) is 4.35. The number of carbonyl (C=O) groups excluding carboxylic acids is 1. The number of aromatic nitrogens is 2. The third-order valence-corrected chi connectivity index (χ3v) is 3.86. The van der Waals surface area contributed by atoms with E-state index in [1.54, 1.807) is 31.2 Å². The molecule has 29 heavy (non-hydrogen) atoms. The van der Waals surface area contributed by atoms with Crippen molar-refractivity contribution in [2.45, 2.75) is 33.0 Å². The molecule has 9 nitrogen and oxygen atoms in total. The van der Waals surface area contributed by atoms with E-state index in [2.05, 4.69) is 10.2 Å². The van der Waals surface area contributed by atoms with Gasteiger partial charge in [0.2, 0.25) is 5.89 Å². The number of ether oxygens (including phenoxy) is 2. The molecule has 3 aromatic rings. The van der Waals surface area contributed by atoms with Crippen LogP contribution in [-0.2, 0) is 4.74 Å². The van der Waals surface area contributed by atoms with Crippen LogP contribution < -0.4 is 4.74 Å². The van der Waals surface area contributed by atoms with Crippen molar-refractivity contribution >= 4 is 11.7 Å². The first-order valence-electron chi connectivity index (χ1n) is 8.89. The van der Waals surface area contributed by atoms with Gasteiger partial charge >= 0.3 is 5.97 Å². The summed E-state index contributed by atoms with van der Waals surface area (Å²) in [5.41, 5.74) is 0.845. The summed E-state index contributed by atoms with van der Waals surface area (Å²) in [7, 11) is 0. The first kappa shape index (κ1) is 20.0. The van der Waals surface area contributed by atoms with Crippen LogP contribution in [0.1, 0.15) is 43.1 Å². The van der Waals surface area contributed by atoms with Crippen molar-refractivity contribution in [3.05, 3.63) is 70.1 Å². The zero-order chi connectivity index (χ0) is 21.0. The molecule has 0 unspecified atom stereocenters. The Kier molecular flexibility index (Phi) is 5.87. The number of benzene rings is 2. The van der Waals surface area contributed by atoms with Gasteiger partial charge in [-0.1, -0.05) is 0 Å². The molecular formula is C20H19N3O6. The summed E-state index contributed by atoms with van der Waals surface area (Å²) in [6.07, 6.45) is -0.733. The average Bonchev–Trinajstić information content (AvgIpc) is 3.18. The van der Waals surface area contributed by atoms with Gasteiger partial charge in [-0.3, -0.25) is 10.1 Å². The Hall–Kier alpha value is -3.75. The molecule has 0 amide bonds. The molecule has 0 saturated heterocycles. The lowest BCUT2D eigenvalue weighted by atomic mass is 10.2. The predicted molar refractivity (Wildman–Crippen MR) is 102 cm³/mol. The number of hydrogen-bond acceptors (Lipinski definition) is 8. The van der Waals surface area contributed by atoms with Crippen molar-refractivity contribution < 1.29 is 23.6 Å². The van der Waals surface area contributed by atoms with Crippen LogP contribution in [0.15, 0.2) is 52.9 Å². The molecule has 0 saturated carbocycles. The Balaban J connectivity index is 1.65. The smallest absolute Gasteiger partial charge is 0.338 e. The monoisotopic (exact) mass is 397 g/mol. The van der Waals surface area contributed by atoms with Gasteiger partial charge in [-0.15, -0.1) is 10.2 Å². The maximum absolute atomic E-state index is 12.3. The van der Waals surface area contributed by atoms with Crippen LogP contribution in [0.4, 0.5) is 5.69 Å². The quantitative estimate of drug-likeness (QED) is 0.328. The maximum atomic E-state index is 12.3. The second-order valence-electron chi connectivity index (χ2n) is 6.49. The van der Waals surface area contributed by atoms with Gasteiger partial charge < -0.3 is 13.9 Å². The summed E-state index contributed by atoms with van der Waals surface area (Å²) in [6.45, 7) is 5.44. The molecule has 0 fully saturated rings. The molecule has 2 aromatic carbocycles. The zero-order valence-corrected chi connectivity index (χ0v) is 16.1. The lowest BCUT2D eigenvalue weighted by Gasteiger charge is -2.11. The van der Waals surface area contributed by atoms with Gasteiger partial charge in [0.1, 0.15) is 5.75 Å². The number of nitrogens with zero attached hydrogens (tertiary/aromatic N) is 3. The average molecular weight is 397 g/mol. The molecular weight excluding hydrogens is 378 g/mol. The second kappa shape index (κ2) is 8.51. The Labute approximate surface area is 166 Å². The van der Waals surface area contributed by atoms with Gasteiger partial charge in [-0.25, -0.2) is 4.79 Å². The molecule has 0 bridgehead atoms. The highest BCUT2D eigenvalue weighted by atomic mass is 16.6. The van der Waals surface area contributed by atoms with Gasteiger partial charge in [0.25, 0.3) is 11.6 Å². The van der Waals surface area contributed by atoms with E-state index in [1.165, 1.54) is 24.3 Å². The molecule has 0 aliphatic carbocycles. The summed E-state index contributed by atoms with van der Waals surface area (Å²) in [5.74, 6) is 0.414. The summed E-state index contributed by atoms with van der Waals surface area (Å²) >= 11 is 0. The summed E-state index contributed by atoms with van der Waals surface area (Å²) in [5, 5.41) is 18.5. The third kappa shape index (κ3) is 4.95. The number of rotatable bonds is 7. The van der Waals surface area contributed by atoms with E-state index in [0.717, 1.165) is 0 Å². The molecule has 0 radical (unpaired) electrons. The fraction of sp³-hybridized carbons (Fsp3) is 0.250. The summed E-state index contributed by atoms with van der Waals surface area (Å²) < 4.78 is 16.5. The largest absolute Gasteiger partial charge is 0.491 e. The first-order valence-corrected chi connectivity index (χ1v) is 8.89. The van der Waals surface area contributed by atoms with E-state index in [0.29, 0.717) is 16.9 Å². The van der Waals surface area contributed by atoms with Crippen molar-refractivity contribution in [3.8, 4) is 17.2 Å². The molecule has 1 atom stereocenters. The molecule has 0 spiro atoms. The van der Waals surface area contributed by atoms with Crippen LogP contribution >= 0.6 is 0 Å². The highest BCUT2D eigenvalue weighted by Gasteiger charge is 2.20. The summed E-state index contributed by atoms with van der Waals surface area (Å²) in [6, 6.07) is 12.3. The molecule has 0 N–H and O–H groups in total. The maximum Gasteiger partial charge on any atom is 0.338 e. The van der Waals surface area contributed by atoms with E-state index in [-0.39, 0.29) is 23.6 Å². The number of carbonyl (C=O) groups is 1. The van der Waals surface area contributed by atoms with Crippen LogP contribution in [0.2, 0.25) is 0 Å². The van der Waals surface area contributed by atoms with Gasteiger partial charge in [-0.2, -0.15) is 0 Å². The van der Waals surface area contributed by atoms with E-state index in [9.17, 15) is 14.9 Å². The topological polar surface area (TPSA) is 118 Å². The number of non-ortho nitro benzene ring substituents is 1. The Morgan fingerprint density at radius 1 is 1.03 bits per heavy atom. The number of nitro groups is 1. The second-order valence-corrected chi connectivity index (χ2v) is 6.49. The van der Waals surface area contributed by atoms with Gasteiger partial charge in [-0.05, 0) is 57.2 Å². The Morgan fingerprint density at radius 2 is 1.69 bits per heavy atom. The minimum atomic E-state index is -0.770. The number of nitro benzene ring substituents is 1. The minimum Gasteiger partial charge on any atom is -0.491 e. The Bertz CT molecular complexity index is 996. The Morgan fingerprint density at radius 3 is 2.28 bits per heavy atom. The van der Waals surface area contributed by atoms with E-state index >= 15 is 0 Å². The minimum absolute atomic E-state index is 0.0373. The molecule has 150 valence electrons. The molecule has 1 heterocycles. The van der Waals surface area contributed by atoms with Crippen LogP contribution in [0, 0.1) is 10.1 Å². The van der Waals surface area contributed by atoms with Crippen molar-refractivity contribution in [1.82, 2.24) is 10.2 Å².